The van der Waals surface area contributed by atoms with Crippen molar-refractivity contribution in [2.45, 2.75) is 6.92 Å². The van der Waals surface area contributed by atoms with Crippen molar-refractivity contribution in [3.8, 4) is 5.75 Å². The summed E-state index contributed by atoms with van der Waals surface area (Å²) < 4.78 is 5.13. The largest absolute Gasteiger partial charge is 0.421 e. The Morgan fingerprint density at radius 1 is 1.40 bits per heavy atom. The van der Waals surface area contributed by atoms with Gasteiger partial charge in [0.25, 0.3) is 0 Å². The third-order valence-electron chi connectivity index (χ3n) is 1.92. The molecule has 0 radical (unpaired) electrons. The fourth-order valence-electron chi connectivity index (χ4n) is 1.12. The first-order chi connectivity index (χ1) is 7.27. The van der Waals surface area contributed by atoms with Crippen molar-refractivity contribution in [2.75, 3.05) is 0 Å². The zero-order valence-electron chi connectivity index (χ0n) is 8.10. The van der Waals surface area contributed by atoms with Crippen LogP contribution in [0.5, 0.6) is 5.75 Å². The van der Waals surface area contributed by atoms with E-state index in [0.717, 1.165) is 5.56 Å². The average molecular weight is 203 g/mol. The molecule has 0 amide bonds. The van der Waals surface area contributed by atoms with Gasteiger partial charge in [-0.25, -0.2) is 4.79 Å². The van der Waals surface area contributed by atoms with Gasteiger partial charge in [0.15, 0.2) is 5.69 Å². The first kappa shape index (κ1) is 9.39. The van der Waals surface area contributed by atoms with Crippen LogP contribution in [0.15, 0.2) is 30.5 Å². The van der Waals surface area contributed by atoms with Crippen molar-refractivity contribution in [3.63, 3.8) is 0 Å². The summed E-state index contributed by atoms with van der Waals surface area (Å²) in [5.41, 5.74) is 1.06. The van der Waals surface area contributed by atoms with Crippen LogP contribution in [0, 0.1) is 6.92 Å². The maximum Gasteiger partial charge on any atom is 0.365 e. The molecule has 0 bridgehead atoms. The zero-order valence-corrected chi connectivity index (χ0v) is 8.10. The molecule has 0 aliphatic carbocycles. The van der Waals surface area contributed by atoms with Crippen molar-refractivity contribution in [3.05, 3.63) is 41.7 Å². The predicted molar refractivity (Wildman–Crippen MR) is 52.5 cm³/mol. The summed E-state index contributed by atoms with van der Waals surface area (Å²) in [6, 6.07) is 7.28. The minimum atomic E-state index is -0.516. The second-order valence-corrected chi connectivity index (χ2v) is 3.01. The monoisotopic (exact) mass is 203 g/mol. The van der Waals surface area contributed by atoms with Gasteiger partial charge in [-0.2, -0.15) is 10.3 Å². The van der Waals surface area contributed by atoms with E-state index in [2.05, 4.69) is 15.4 Å². The van der Waals surface area contributed by atoms with Gasteiger partial charge in [-0.15, -0.1) is 5.10 Å². The Kier molecular flexibility index (Phi) is 2.45. The standard InChI is InChI=1S/C10H9N3O2/c1-7-4-2-3-5-9(7)15-10(14)8-6-11-13-12-8/h2-6H,1H3,(H,11,12,13). The maximum absolute atomic E-state index is 11.5. The van der Waals surface area contributed by atoms with Crippen molar-refractivity contribution < 1.29 is 9.53 Å². The van der Waals surface area contributed by atoms with E-state index < -0.39 is 5.97 Å². The highest BCUT2D eigenvalue weighted by Gasteiger charge is 2.12. The van der Waals surface area contributed by atoms with Crippen molar-refractivity contribution >= 4 is 5.97 Å². The number of aromatic nitrogens is 3. The summed E-state index contributed by atoms with van der Waals surface area (Å²) in [5.74, 6) is 0.0172. The van der Waals surface area contributed by atoms with Crippen LogP contribution in [-0.2, 0) is 0 Å². The Balaban J connectivity index is 2.17. The Labute approximate surface area is 86.1 Å². The Hall–Kier alpha value is -2.17. The fraction of sp³-hybridized carbons (Fsp3) is 0.100. The highest BCUT2D eigenvalue weighted by molar-refractivity contribution is 5.88. The van der Waals surface area contributed by atoms with Gasteiger partial charge in [-0.3, -0.25) is 0 Å². The van der Waals surface area contributed by atoms with Gasteiger partial charge in [0.2, 0.25) is 0 Å². The molecule has 0 aliphatic heterocycles. The lowest BCUT2D eigenvalue weighted by molar-refractivity contribution is 0.0727. The molecule has 15 heavy (non-hydrogen) atoms. The minimum absolute atomic E-state index is 0.165. The van der Waals surface area contributed by atoms with E-state index in [1.807, 2.05) is 19.1 Å². The maximum atomic E-state index is 11.5. The highest BCUT2D eigenvalue weighted by Crippen LogP contribution is 2.17. The normalized spacial score (nSPS) is 9.93. The topological polar surface area (TPSA) is 67.9 Å². The van der Waals surface area contributed by atoms with Crippen LogP contribution in [0.4, 0.5) is 0 Å². The van der Waals surface area contributed by atoms with Crippen molar-refractivity contribution in [1.29, 1.82) is 0 Å². The molecule has 2 rings (SSSR count). The summed E-state index contributed by atoms with van der Waals surface area (Å²) in [7, 11) is 0. The average Bonchev–Trinajstić information content (AvgIpc) is 2.74. The summed E-state index contributed by atoms with van der Waals surface area (Å²) in [5, 5.41) is 9.51. The molecule has 2 aromatic rings. The number of para-hydroxylation sites is 1. The Morgan fingerprint density at radius 3 is 2.87 bits per heavy atom. The molecule has 5 heteroatoms. The van der Waals surface area contributed by atoms with Gasteiger partial charge in [0.05, 0.1) is 6.20 Å². The van der Waals surface area contributed by atoms with E-state index in [0.29, 0.717) is 5.75 Å². The first-order valence-electron chi connectivity index (χ1n) is 4.41. The number of nitrogens with one attached hydrogen (secondary N) is 1. The van der Waals surface area contributed by atoms with Gasteiger partial charge in [-0.1, -0.05) is 18.2 Å². The van der Waals surface area contributed by atoms with Gasteiger partial charge in [0, 0.05) is 0 Å². The molecule has 1 aromatic heterocycles. The molecule has 0 aliphatic rings. The zero-order chi connectivity index (χ0) is 10.7. The second kappa shape index (κ2) is 3.91. The highest BCUT2D eigenvalue weighted by atomic mass is 16.5. The lowest BCUT2D eigenvalue weighted by atomic mass is 10.2. The van der Waals surface area contributed by atoms with Crippen LogP contribution in [-0.4, -0.2) is 21.4 Å². The van der Waals surface area contributed by atoms with E-state index in [4.69, 9.17) is 4.74 Å². The molecule has 1 N–H and O–H groups in total. The van der Waals surface area contributed by atoms with Gasteiger partial charge < -0.3 is 4.74 Å². The van der Waals surface area contributed by atoms with Crippen LogP contribution < -0.4 is 4.74 Å². The summed E-state index contributed by atoms with van der Waals surface area (Å²) in [4.78, 5) is 11.5. The minimum Gasteiger partial charge on any atom is -0.421 e. The number of nitrogens with zero attached hydrogens (tertiary/aromatic N) is 2. The molecule has 1 heterocycles. The van der Waals surface area contributed by atoms with Gasteiger partial charge >= 0.3 is 5.97 Å². The number of aromatic amines is 1. The quantitative estimate of drug-likeness (QED) is 0.590. The van der Waals surface area contributed by atoms with Crippen molar-refractivity contribution in [1.82, 2.24) is 15.4 Å². The first-order valence-corrected chi connectivity index (χ1v) is 4.41. The molecular weight excluding hydrogens is 194 g/mol. The number of benzene rings is 1. The molecule has 5 nitrogen and oxygen atoms in total. The molecule has 0 atom stereocenters. The molecule has 76 valence electrons. The number of aryl methyl sites for hydroxylation is 1. The predicted octanol–water partition coefficient (Wildman–Crippen LogP) is 1.33. The van der Waals surface area contributed by atoms with Crippen LogP contribution in [0.2, 0.25) is 0 Å². The summed E-state index contributed by atoms with van der Waals surface area (Å²) in [6.45, 7) is 1.87. The molecule has 0 saturated heterocycles. The lowest BCUT2D eigenvalue weighted by Gasteiger charge is -2.04. The van der Waals surface area contributed by atoms with Crippen LogP contribution in [0.3, 0.4) is 0 Å². The fourth-order valence-corrected chi connectivity index (χ4v) is 1.12. The smallest absolute Gasteiger partial charge is 0.365 e. The third-order valence-corrected chi connectivity index (χ3v) is 1.92. The third kappa shape index (κ3) is 2.01. The number of carbonyl (C=O) groups excluding carboxylic acids is 1. The van der Waals surface area contributed by atoms with Crippen LogP contribution in [0.25, 0.3) is 0 Å². The van der Waals surface area contributed by atoms with Crippen molar-refractivity contribution in [2.24, 2.45) is 0 Å². The van der Waals surface area contributed by atoms with Crippen LogP contribution >= 0.6 is 0 Å². The number of ether oxygens (including phenoxy) is 1. The number of H-pyrrole nitrogens is 1. The Morgan fingerprint density at radius 2 is 2.20 bits per heavy atom. The number of hydrogen-bond acceptors (Lipinski definition) is 4. The number of rotatable bonds is 2. The van der Waals surface area contributed by atoms with Crippen LogP contribution in [0.1, 0.15) is 16.1 Å². The lowest BCUT2D eigenvalue weighted by Crippen LogP contribution is -2.09. The van der Waals surface area contributed by atoms with E-state index in [1.54, 1.807) is 12.1 Å². The molecule has 1 aromatic carbocycles. The summed E-state index contributed by atoms with van der Waals surface area (Å²) >= 11 is 0. The number of esters is 1. The van der Waals surface area contributed by atoms with Gasteiger partial charge in [0.1, 0.15) is 5.75 Å². The summed E-state index contributed by atoms with van der Waals surface area (Å²) in [6.07, 6.45) is 1.32. The molecular formula is C10H9N3O2. The molecule has 0 spiro atoms. The SMILES string of the molecule is Cc1ccccc1OC(=O)c1cn[nH]n1. The molecule has 0 fully saturated rings. The van der Waals surface area contributed by atoms with Gasteiger partial charge in [-0.05, 0) is 18.6 Å². The number of hydrogen-bond donors (Lipinski definition) is 1. The number of carbonyl (C=O) groups is 1. The van der Waals surface area contributed by atoms with E-state index in [9.17, 15) is 4.79 Å². The molecule has 0 saturated carbocycles. The molecule has 0 unspecified atom stereocenters. The van der Waals surface area contributed by atoms with E-state index in [1.165, 1.54) is 6.20 Å². The Bertz CT molecular complexity index is 465. The van der Waals surface area contributed by atoms with E-state index in [-0.39, 0.29) is 5.69 Å². The van der Waals surface area contributed by atoms with E-state index >= 15 is 0 Å². The second-order valence-electron chi connectivity index (χ2n) is 3.01.